The molecule has 0 atom stereocenters. The number of carbonyl (C=O) groups is 1. The summed E-state index contributed by atoms with van der Waals surface area (Å²) in [4.78, 5) is 15.3. The van der Waals surface area contributed by atoms with Gasteiger partial charge in [0.1, 0.15) is 12.7 Å². The van der Waals surface area contributed by atoms with Crippen LogP contribution in [0.1, 0.15) is 18.4 Å². The van der Waals surface area contributed by atoms with Gasteiger partial charge in [0, 0.05) is 13.0 Å². The third-order valence-corrected chi connectivity index (χ3v) is 2.72. The zero-order chi connectivity index (χ0) is 13.5. The molecule has 0 aliphatic rings. The van der Waals surface area contributed by atoms with Gasteiger partial charge in [-0.05, 0) is 30.7 Å². The molecule has 21 heavy (non-hydrogen) atoms. The van der Waals surface area contributed by atoms with Crippen LogP contribution in [0.2, 0.25) is 0 Å². The molecule has 116 valence electrons. The zero-order valence-electron chi connectivity index (χ0n) is 11.4. The van der Waals surface area contributed by atoms with Gasteiger partial charge in [-0.15, -0.1) is 24.8 Å². The molecule has 0 aliphatic carbocycles. The Bertz CT molecular complexity index is 516. The molecule has 1 aromatic carbocycles. The highest BCUT2D eigenvalue weighted by Crippen LogP contribution is 2.07. The highest BCUT2D eigenvalue weighted by Gasteiger charge is 2.01. The molecule has 1 aromatic heterocycles. The minimum Gasteiger partial charge on any atom is -0.352 e. The van der Waals surface area contributed by atoms with Crippen molar-refractivity contribution in [3.05, 3.63) is 42.5 Å². The van der Waals surface area contributed by atoms with E-state index in [1.807, 2.05) is 24.3 Å². The first-order valence-electron chi connectivity index (χ1n) is 6.20. The third-order valence-electron chi connectivity index (χ3n) is 2.72. The summed E-state index contributed by atoms with van der Waals surface area (Å²) in [5.41, 5.74) is 7.34. The van der Waals surface area contributed by atoms with E-state index in [1.54, 1.807) is 11.0 Å². The zero-order valence-corrected chi connectivity index (χ0v) is 13.1. The average Bonchev–Trinajstić information content (AvgIpc) is 2.97. The molecule has 1 heterocycles. The molecule has 0 saturated heterocycles. The van der Waals surface area contributed by atoms with E-state index in [0.29, 0.717) is 19.5 Å². The first-order chi connectivity index (χ1) is 9.29. The number of nitrogens with two attached hydrogens (primary N) is 1. The summed E-state index contributed by atoms with van der Waals surface area (Å²) in [5.74, 6) is 0.0332. The molecule has 0 aliphatic heterocycles. The van der Waals surface area contributed by atoms with Gasteiger partial charge in [0.25, 0.3) is 0 Å². The van der Waals surface area contributed by atoms with Gasteiger partial charge in [0.15, 0.2) is 0 Å². The Morgan fingerprint density at radius 1 is 1.24 bits per heavy atom. The maximum atomic E-state index is 11.4. The fourth-order valence-corrected chi connectivity index (χ4v) is 1.66. The van der Waals surface area contributed by atoms with E-state index in [1.165, 1.54) is 6.33 Å². The largest absolute Gasteiger partial charge is 0.352 e. The number of nitrogens with one attached hydrogen (secondary N) is 1. The summed E-state index contributed by atoms with van der Waals surface area (Å²) in [6.45, 7) is 1.07. The predicted octanol–water partition coefficient (Wildman–Crippen LogP) is 1.47. The normalized spacial score (nSPS) is 9.38. The number of carbonyl (C=O) groups excluding carboxylic acids is 1. The number of benzene rings is 1. The predicted molar refractivity (Wildman–Crippen MR) is 86.0 cm³/mol. The highest BCUT2D eigenvalue weighted by molar-refractivity contribution is 5.85. The lowest BCUT2D eigenvalue weighted by molar-refractivity contribution is -0.121. The van der Waals surface area contributed by atoms with Crippen molar-refractivity contribution < 1.29 is 4.79 Å². The van der Waals surface area contributed by atoms with Gasteiger partial charge in [0.2, 0.25) is 5.91 Å². The number of halogens is 2. The smallest absolute Gasteiger partial charge is 0.220 e. The van der Waals surface area contributed by atoms with Crippen LogP contribution in [0.25, 0.3) is 5.69 Å². The van der Waals surface area contributed by atoms with E-state index in [4.69, 9.17) is 5.73 Å². The lowest BCUT2D eigenvalue weighted by Crippen LogP contribution is -2.23. The van der Waals surface area contributed by atoms with Crippen molar-refractivity contribution in [3.8, 4) is 5.69 Å². The minimum atomic E-state index is 0. The van der Waals surface area contributed by atoms with Crippen molar-refractivity contribution in [1.82, 2.24) is 20.1 Å². The second-order valence-electron chi connectivity index (χ2n) is 4.18. The van der Waals surface area contributed by atoms with E-state index in [9.17, 15) is 4.79 Å². The van der Waals surface area contributed by atoms with Crippen LogP contribution in [-0.2, 0) is 11.3 Å². The monoisotopic (exact) mass is 331 g/mol. The summed E-state index contributed by atoms with van der Waals surface area (Å²) < 4.78 is 1.68. The summed E-state index contributed by atoms with van der Waals surface area (Å²) in [6.07, 6.45) is 4.33. The van der Waals surface area contributed by atoms with Crippen molar-refractivity contribution in [3.63, 3.8) is 0 Å². The number of nitrogens with zero attached hydrogens (tertiary/aromatic N) is 3. The van der Waals surface area contributed by atoms with E-state index >= 15 is 0 Å². The topological polar surface area (TPSA) is 85.8 Å². The summed E-state index contributed by atoms with van der Waals surface area (Å²) in [5, 5.41) is 6.91. The highest BCUT2D eigenvalue weighted by atomic mass is 35.5. The lowest BCUT2D eigenvalue weighted by atomic mass is 10.2. The molecular weight excluding hydrogens is 313 g/mol. The van der Waals surface area contributed by atoms with Crippen molar-refractivity contribution >= 4 is 30.7 Å². The summed E-state index contributed by atoms with van der Waals surface area (Å²) >= 11 is 0. The summed E-state index contributed by atoms with van der Waals surface area (Å²) in [7, 11) is 0. The van der Waals surface area contributed by atoms with Gasteiger partial charge >= 0.3 is 0 Å². The average molecular weight is 332 g/mol. The van der Waals surface area contributed by atoms with Crippen LogP contribution in [0.3, 0.4) is 0 Å². The molecule has 8 heteroatoms. The van der Waals surface area contributed by atoms with Crippen LogP contribution in [0.5, 0.6) is 0 Å². The molecule has 0 spiro atoms. The van der Waals surface area contributed by atoms with Crippen molar-refractivity contribution in [2.75, 3.05) is 6.54 Å². The fraction of sp³-hybridized carbons (Fsp3) is 0.308. The Morgan fingerprint density at radius 3 is 2.52 bits per heavy atom. The molecule has 3 N–H and O–H groups in total. The number of aromatic nitrogens is 3. The minimum absolute atomic E-state index is 0. The van der Waals surface area contributed by atoms with Crippen LogP contribution in [-0.4, -0.2) is 27.2 Å². The van der Waals surface area contributed by atoms with Crippen LogP contribution < -0.4 is 11.1 Å². The van der Waals surface area contributed by atoms with E-state index < -0.39 is 0 Å². The van der Waals surface area contributed by atoms with Crippen LogP contribution in [0.15, 0.2) is 36.9 Å². The van der Waals surface area contributed by atoms with Gasteiger partial charge in [-0.3, -0.25) is 4.79 Å². The quantitative estimate of drug-likeness (QED) is 0.839. The molecule has 0 unspecified atom stereocenters. The van der Waals surface area contributed by atoms with Crippen LogP contribution in [0.4, 0.5) is 0 Å². The van der Waals surface area contributed by atoms with Gasteiger partial charge < -0.3 is 11.1 Å². The summed E-state index contributed by atoms with van der Waals surface area (Å²) in [6, 6.07) is 7.80. The lowest BCUT2D eigenvalue weighted by Gasteiger charge is -2.06. The Kier molecular flexibility index (Phi) is 9.36. The van der Waals surface area contributed by atoms with Gasteiger partial charge in [-0.1, -0.05) is 12.1 Å². The Labute approximate surface area is 135 Å². The fourth-order valence-electron chi connectivity index (χ4n) is 1.66. The van der Waals surface area contributed by atoms with Gasteiger partial charge in [0.05, 0.1) is 5.69 Å². The van der Waals surface area contributed by atoms with E-state index in [2.05, 4.69) is 15.4 Å². The third kappa shape index (κ3) is 6.12. The van der Waals surface area contributed by atoms with Crippen LogP contribution in [0, 0.1) is 0 Å². The SMILES string of the molecule is Cl.Cl.NCCCC(=O)NCc1ccc(-n2cncn2)cc1. The standard InChI is InChI=1S/C13H17N5O.2ClH/c14-7-1-2-13(19)16-8-11-3-5-12(6-4-11)18-10-15-9-17-18;;/h3-6,9-10H,1-2,7-8,14H2,(H,16,19);2*1H. The van der Waals surface area contributed by atoms with Gasteiger partial charge in [-0.25, -0.2) is 9.67 Å². The molecule has 2 aromatic rings. The van der Waals surface area contributed by atoms with Crippen molar-refractivity contribution in [1.29, 1.82) is 0 Å². The van der Waals surface area contributed by atoms with Crippen molar-refractivity contribution in [2.24, 2.45) is 5.73 Å². The molecular formula is C13H19Cl2N5O. The Morgan fingerprint density at radius 2 is 1.95 bits per heavy atom. The first kappa shape index (κ1) is 19.4. The Balaban J connectivity index is 0.00000200. The molecule has 6 nitrogen and oxygen atoms in total. The Hall–Kier alpha value is -1.63. The number of hydrogen-bond acceptors (Lipinski definition) is 4. The second-order valence-corrected chi connectivity index (χ2v) is 4.18. The van der Waals surface area contributed by atoms with E-state index in [-0.39, 0.29) is 30.7 Å². The molecule has 0 saturated carbocycles. The molecule has 1 amide bonds. The van der Waals surface area contributed by atoms with Crippen molar-refractivity contribution in [2.45, 2.75) is 19.4 Å². The second kappa shape index (κ2) is 10.1. The number of hydrogen-bond donors (Lipinski definition) is 2. The van der Waals surface area contributed by atoms with Gasteiger partial charge in [-0.2, -0.15) is 5.10 Å². The maximum Gasteiger partial charge on any atom is 0.220 e. The maximum absolute atomic E-state index is 11.4. The van der Waals surface area contributed by atoms with E-state index in [0.717, 1.165) is 17.7 Å². The van der Waals surface area contributed by atoms with Crippen LogP contribution >= 0.6 is 24.8 Å². The number of rotatable bonds is 6. The molecule has 0 radical (unpaired) electrons. The first-order valence-corrected chi connectivity index (χ1v) is 6.20. The number of amides is 1. The molecule has 2 rings (SSSR count). The molecule has 0 bridgehead atoms. The molecule has 0 fully saturated rings.